The molecule has 0 aromatic carbocycles. The van der Waals surface area contributed by atoms with Crippen LogP contribution in [-0.2, 0) is 6.54 Å². The molecule has 1 aromatic rings. The standard InChI is InChI=1S/C10H17N3OS/c1-2-5-11-6-9-12-13-10(15-9)14-7-8-3-4-8/h8,11H,2-7H2,1H3. The van der Waals surface area contributed by atoms with Crippen molar-refractivity contribution in [1.29, 1.82) is 0 Å². The summed E-state index contributed by atoms with van der Waals surface area (Å²) in [5, 5.41) is 13.1. The van der Waals surface area contributed by atoms with Crippen molar-refractivity contribution >= 4 is 11.3 Å². The number of hydrogen-bond acceptors (Lipinski definition) is 5. The van der Waals surface area contributed by atoms with Gasteiger partial charge in [-0.15, -0.1) is 10.2 Å². The van der Waals surface area contributed by atoms with Crippen molar-refractivity contribution in [2.24, 2.45) is 5.92 Å². The third-order valence-corrected chi connectivity index (χ3v) is 3.13. The largest absolute Gasteiger partial charge is 0.469 e. The Bertz CT molecular complexity index is 299. The van der Waals surface area contributed by atoms with Crippen LogP contribution < -0.4 is 10.1 Å². The number of hydrogen-bond donors (Lipinski definition) is 1. The number of rotatable bonds is 7. The van der Waals surface area contributed by atoms with Gasteiger partial charge in [0.25, 0.3) is 5.19 Å². The average molecular weight is 227 g/mol. The maximum absolute atomic E-state index is 5.53. The number of aromatic nitrogens is 2. The molecule has 4 nitrogen and oxygen atoms in total. The Morgan fingerprint density at radius 2 is 2.33 bits per heavy atom. The Balaban J connectivity index is 1.70. The van der Waals surface area contributed by atoms with E-state index in [-0.39, 0.29) is 0 Å². The van der Waals surface area contributed by atoms with Gasteiger partial charge in [0, 0.05) is 6.54 Å². The molecule has 1 aliphatic carbocycles. The highest BCUT2D eigenvalue weighted by atomic mass is 32.1. The molecule has 2 rings (SSSR count). The van der Waals surface area contributed by atoms with Crippen LogP contribution in [0.15, 0.2) is 0 Å². The second-order valence-electron chi connectivity index (χ2n) is 3.89. The van der Waals surface area contributed by atoms with Crippen LogP contribution in [-0.4, -0.2) is 23.3 Å². The van der Waals surface area contributed by atoms with E-state index >= 15 is 0 Å². The SMILES string of the molecule is CCCNCc1nnc(OCC2CC2)s1. The Hall–Kier alpha value is -0.680. The first-order chi connectivity index (χ1) is 7.38. The predicted molar refractivity (Wildman–Crippen MR) is 60.1 cm³/mol. The first-order valence-corrected chi connectivity index (χ1v) is 6.36. The van der Waals surface area contributed by atoms with E-state index in [0.717, 1.165) is 42.2 Å². The Morgan fingerprint density at radius 1 is 1.47 bits per heavy atom. The maximum Gasteiger partial charge on any atom is 0.294 e. The van der Waals surface area contributed by atoms with E-state index < -0.39 is 0 Å². The molecule has 0 saturated heterocycles. The quantitative estimate of drug-likeness (QED) is 0.722. The first kappa shape index (κ1) is 10.8. The van der Waals surface area contributed by atoms with Gasteiger partial charge < -0.3 is 10.1 Å². The fourth-order valence-electron chi connectivity index (χ4n) is 1.21. The van der Waals surface area contributed by atoms with E-state index in [1.165, 1.54) is 12.8 Å². The predicted octanol–water partition coefficient (Wildman–Crippen LogP) is 1.83. The molecule has 0 spiro atoms. The lowest BCUT2D eigenvalue weighted by atomic mass is 10.5. The summed E-state index contributed by atoms with van der Waals surface area (Å²) in [5.74, 6) is 0.774. The molecule has 0 bridgehead atoms. The van der Waals surface area contributed by atoms with Gasteiger partial charge in [0.05, 0.1) is 6.61 Å². The zero-order valence-electron chi connectivity index (χ0n) is 9.03. The van der Waals surface area contributed by atoms with Crippen molar-refractivity contribution in [2.75, 3.05) is 13.2 Å². The van der Waals surface area contributed by atoms with Crippen LogP contribution in [0.4, 0.5) is 0 Å². The number of nitrogens with zero attached hydrogens (tertiary/aromatic N) is 2. The zero-order chi connectivity index (χ0) is 10.5. The molecule has 0 atom stereocenters. The summed E-state index contributed by atoms with van der Waals surface area (Å²) in [7, 11) is 0. The normalized spacial score (nSPS) is 15.5. The molecular formula is C10H17N3OS. The summed E-state index contributed by atoms with van der Waals surface area (Å²) in [4.78, 5) is 0. The molecule has 5 heteroatoms. The number of ether oxygens (including phenoxy) is 1. The number of nitrogens with one attached hydrogen (secondary N) is 1. The summed E-state index contributed by atoms with van der Waals surface area (Å²) < 4.78 is 5.53. The monoisotopic (exact) mass is 227 g/mol. The molecule has 15 heavy (non-hydrogen) atoms. The van der Waals surface area contributed by atoms with E-state index in [4.69, 9.17) is 4.74 Å². The van der Waals surface area contributed by atoms with Crippen molar-refractivity contribution in [1.82, 2.24) is 15.5 Å². The fraction of sp³-hybridized carbons (Fsp3) is 0.800. The molecule has 1 heterocycles. The van der Waals surface area contributed by atoms with E-state index in [0.29, 0.717) is 0 Å². The van der Waals surface area contributed by atoms with E-state index in [2.05, 4.69) is 22.4 Å². The minimum Gasteiger partial charge on any atom is -0.469 e. The second-order valence-corrected chi connectivity index (χ2v) is 4.92. The van der Waals surface area contributed by atoms with E-state index in [1.807, 2.05) is 0 Å². The lowest BCUT2D eigenvalue weighted by Gasteiger charge is -1.98. The molecule has 0 aliphatic heterocycles. The van der Waals surface area contributed by atoms with Crippen LogP contribution in [0.5, 0.6) is 5.19 Å². The average Bonchev–Trinajstić information content (AvgIpc) is 2.97. The molecule has 0 radical (unpaired) electrons. The van der Waals surface area contributed by atoms with Gasteiger partial charge in [0.1, 0.15) is 5.01 Å². The molecule has 1 saturated carbocycles. The Labute approximate surface area is 94.1 Å². The van der Waals surface area contributed by atoms with Crippen LogP contribution in [0.1, 0.15) is 31.2 Å². The molecule has 1 fully saturated rings. The van der Waals surface area contributed by atoms with Crippen molar-refractivity contribution in [3.63, 3.8) is 0 Å². The molecule has 0 unspecified atom stereocenters. The van der Waals surface area contributed by atoms with Crippen molar-refractivity contribution in [2.45, 2.75) is 32.7 Å². The van der Waals surface area contributed by atoms with Gasteiger partial charge in [-0.1, -0.05) is 18.3 Å². The summed E-state index contributed by atoms with van der Waals surface area (Å²) in [6.45, 7) is 4.80. The third-order valence-electron chi connectivity index (χ3n) is 2.29. The van der Waals surface area contributed by atoms with E-state index in [1.54, 1.807) is 11.3 Å². The summed E-state index contributed by atoms with van der Waals surface area (Å²) in [6.07, 6.45) is 3.76. The lowest BCUT2D eigenvalue weighted by molar-refractivity contribution is 0.296. The molecule has 1 aliphatic rings. The molecule has 1 N–H and O–H groups in total. The molecule has 84 valence electrons. The lowest BCUT2D eigenvalue weighted by Crippen LogP contribution is -2.13. The zero-order valence-corrected chi connectivity index (χ0v) is 9.85. The van der Waals surface area contributed by atoms with Crippen LogP contribution in [0, 0.1) is 5.92 Å². The van der Waals surface area contributed by atoms with Gasteiger partial charge in [-0.25, -0.2) is 0 Å². The first-order valence-electron chi connectivity index (χ1n) is 5.54. The Morgan fingerprint density at radius 3 is 3.07 bits per heavy atom. The van der Waals surface area contributed by atoms with Crippen molar-refractivity contribution in [3.8, 4) is 5.19 Å². The minimum atomic E-state index is 0.718. The van der Waals surface area contributed by atoms with Crippen molar-refractivity contribution in [3.05, 3.63) is 5.01 Å². The van der Waals surface area contributed by atoms with Gasteiger partial charge in [-0.05, 0) is 31.7 Å². The molecule has 1 aromatic heterocycles. The molecular weight excluding hydrogens is 210 g/mol. The van der Waals surface area contributed by atoms with Gasteiger partial charge in [-0.2, -0.15) is 0 Å². The third kappa shape index (κ3) is 3.76. The van der Waals surface area contributed by atoms with Gasteiger partial charge in [0.2, 0.25) is 0 Å². The maximum atomic E-state index is 5.53. The van der Waals surface area contributed by atoms with E-state index in [9.17, 15) is 0 Å². The fourth-order valence-corrected chi connectivity index (χ4v) is 1.88. The summed E-state index contributed by atoms with van der Waals surface area (Å²) in [6, 6.07) is 0. The smallest absolute Gasteiger partial charge is 0.294 e. The second kappa shape index (κ2) is 5.42. The van der Waals surface area contributed by atoms with Crippen molar-refractivity contribution < 1.29 is 4.74 Å². The molecule has 0 amide bonds. The van der Waals surface area contributed by atoms with Gasteiger partial charge >= 0.3 is 0 Å². The summed E-state index contributed by atoms with van der Waals surface area (Å²) in [5.41, 5.74) is 0. The highest BCUT2D eigenvalue weighted by molar-refractivity contribution is 7.13. The Kier molecular flexibility index (Phi) is 3.91. The van der Waals surface area contributed by atoms with Gasteiger partial charge in [-0.3, -0.25) is 0 Å². The minimum absolute atomic E-state index is 0.718. The highest BCUT2D eigenvalue weighted by Crippen LogP contribution is 2.30. The van der Waals surface area contributed by atoms with Crippen LogP contribution in [0.25, 0.3) is 0 Å². The highest BCUT2D eigenvalue weighted by Gasteiger charge is 2.22. The topological polar surface area (TPSA) is 47.0 Å². The van der Waals surface area contributed by atoms with Crippen LogP contribution in [0.2, 0.25) is 0 Å². The van der Waals surface area contributed by atoms with Crippen LogP contribution >= 0.6 is 11.3 Å². The summed E-state index contributed by atoms with van der Waals surface area (Å²) >= 11 is 1.55. The van der Waals surface area contributed by atoms with Gasteiger partial charge in [0.15, 0.2) is 0 Å². The van der Waals surface area contributed by atoms with Crippen LogP contribution in [0.3, 0.4) is 0 Å².